The van der Waals surface area contributed by atoms with Crippen LogP contribution in [0.4, 0.5) is 11.4 Å². The summed E-state index contributed by atoms with van der Waals surface area (Å²) in [5, 5.41) is 1.14. The number of aliphatic imine (C=N–C) groups is 1. The molecule has 0 saturated heterocycles. The van der Waals surface area contributed by atoms with Gasteiger partial charge in [-0.25, -0.2) is 9.89 Å². The van der Waals surface area contributed by atoms with Gasteiger partial charge < -0.3 is 0 Å². The van der Waals surface area contributed by atoms with Gasteiger partial charge in [0.15, 0.2) is 11.4 Å². The second kappa shape index (κ2) is 5.61. The molecule has 2 aliphatic rings. The molecule has 0 spiro atoms. The minimum absolute atomic E-state index is 0.893. The fourth-order valence-electron chi connectivity index (χ4n) is 3.77. The average molecular weight is 341 g/mol. The maximum atomic E-state index is 5.00. The highest BCUT2D eigenvalue weighted by Crippen LogP contribution is 2.28. The molecule has 4 heterocycles. The van der Waals surface area contributed by atoms with Crippen LogP contribution in [0, 0.1) is 5.96 Å². The van der Waals surface area contributed by atoms with Gasteiger partial charge in [-0.05, 0) is 30.3 Å². The van der Waals surface area contributed by atoms with E-state index in [1.807, 2.05) is 30.5 Å². The highest BCUT2D eigenvalue weighted by Gasteiger charge is 2.46. The summed E-state index contributed by atoms with van der Waals surface area (Å²) in [5.41, 5.74) is 5.11. The maximum absolute atomic E-state index is 5.00. The highest BCUT2D eigenvalue weighted by atomic mass is 15.4. The Kier molecular flexibility index (Phi) is 3.23. The summed E-state index contributed by atoms with van der Waals surface area (Å²) in [5.74, 6) is 1.16. The average Bonchev–Trinajstić information content (AvgIpc) is 3.04. The van der Waals surface area contributed by atoms with E-state index < -0.39 is 0 Å². The zero-order valence-corrected chi connectivity index (χ0v) is 14.7. The fraction of sp³-hybridized carbons (Fsp3) is 0.0952. The van der Waals surface area contributed by atoms with Gasteiger partial charge in [0.25, 0.3) is 0 Å². The first-order valence-corrected chi connectivity index (χ1v) is 8.66. The Morgan fingerprint density at radius 2 is 1.73 bits per heavy atom. The van der Waals surface area contributed by atoms with Crippen LogP contribution in [0.3, 0.4) is 0 Å². The summed E-state index contributed by atoms with van der Waals surface area (Å²) in [4.78, 5) is 13.0. The van der Waals surface area contributed by atoms with Gasteiger partial charge in [0.05, 0.1) is 19.8 Å². The molecule has 2 aliphatic heterocycles. The van der Waals surface area contributed by atoms with Crippen molar-refractivity contribution in [1.82, 2.24) is 9.88 Å². The number of quaternary nitrogens is 1. The van der Waals surface area contributed by atoms with Crippen molar-refractivity contribution in [2.24, 2.45) is 4.99 Å². The minimum atomic E-state index is 0.893. The van der Waals surface area contributed by atoms with E-state index in [1.165, 1.54) is 4.90 Å². The SMILES string of the molecule is CN(C)C1=[n+]2ccccc2=C2C(c3ccccn3)=Nc3ccccc3[NH+]21. The number of fused-ring (bicyclic) bond motifs is 4. The van der Waals surface area contributed by atoms with Crippen LogP contribution < -0.4 is 14.5 Å². The number of hydrogen-bond donors (Lipinski definition) is 1. The molecule has 0 bridgehead atoms. The molecule has 0 saturated carbocycles. The van der Waals surface area contributed by atoms with E-state index in [9.17, 15) is 0 Å². The Morgan fingerprint density at radius 1 is 0.923 bits per heavy atom. The molecule has 5 rings (SSSR count). The van der Waals surface area contributed by atoms with Crippen LogP contribution in [0.5, 0.6) is 0 Å². The van der Waals surface area contributed by atoms with Crippen molar-refractivity contribution in [3.05, 3.63) is 90.1 Å². The third-order valence-electron chi connectivity index (χ3n) is 4.79. The van der Waals surface area contributed by atoms with E-state index in [2.05, 4.69) is 70.8 Å². The Hall–Kier alpha value is -3.31. The lowest BCUT2D eigenvalue weighted by Crippen LogP contribution is -3.06. The molecular formula is C21H19N5+2. The molecule has 0 fully saturated rings. The van der Waals surface area contributed by atoms with Crippen molar-refractivity contribution in [3.8, 4) is 0 Å². The van der Waals surface area contributed by atoms with Crippen molar-refractivity contribution in [3.63, 3.8) is 0 Å². The second-order valence-corrected chi connectivity index (χ2v) is 6.62. The van der Waals surface area contributed by atoms with E-state index in [0.717, 1.165) is 39.8 Å². The summed E-state index contributed by atoms with van der Waals surface area (Å²) in [6.45, 7) is 0. The normalized spacial score (nSPS) is 17.3. The number of nitrogens with one attached hydrogen (secondary N) is 1. The van der Waals surface area contributed by atoms with Crippen LogP contribution in [0.1, 0.15) is 5.69 Å². The zero-order chi connectivity index (χ0) is 17.7. The molecule has 26 heavy (non-hydrogen) atoms. The van der Waals surface area contributed by atoms with Crippen LogP contribution >= 0.6 is 0 Å². The van der Waals surface area contributed by atoms with Crippen LogP contribution in [0.25, 0.3) is 5.70 Å². The Labute approximate surface area is 151 Å². The smallest absolute Gasteiger partial charge is 0.254 e. The first-order chi connectivity index (χ1) is 12.8. The summed E-state index contributed by atoms with van der Waals surface area (Å²) < 4.78 is 2.24. The lowest BCUT2D eigenvalue weighted by Gasteiger charge is -2.22. The monoisotopic (exact) mass is 341 g/mol. The Balaban J connectivity index is 1.93. The van der Waals surface area contributed by atoms with E-state index in [0.29, 0.717) is 0 Å². The number of rotatable bonds is 2. The molecule has 1 atom stereocenters. The summed E-state index contributed by atoms with van der Waals surface area (Å²) in [6.07, 6.45) is 3.94. The number of benzene rings is 1. The van der Waals surface area contributed by atoms with Crippen molar-refractivity contribution < 1.29 is 9.14 Å². The maximum Gasteiger partial charge on any atom is 0.464 e. The number of hydrogen-bond acceptors (Lipinski definition) is 3. The largest absolute Gasteiger partial charge is 0.464 e. The molecule has 0 radical (unpaired) electrons. The molecular weight excluding hydrogens is 322 g/mol. The number of para-hydroxylation sites is 2. The quantitative estimate of drug-likeness (QED) is 0.697. The molecule has 1 unspecified atom stereocenters. The lowest BCUT2D eigenvalue weighted by molar-refractivity contribution is -0.799. The molecule has 3 aromatic rings. The van der Waals surface area contributed by atoms with Gasteiger partial charge in [0.2, 0.25) is 11.0 Å². The third-order valence-corrected chi connectivity index (χ3v) is 4.79. The van der Waals surface area contributed by atoms with E-state index in [4.69, 9.17) is 4.99 Å². The van der Waals surface area contributed by atoms with E-state index in [-0.39, 0.29) is 0 Å². The second-order valence-electron chi connectivity index (χ2n) is 6.62. The van der Waals surface area contributed by atoms with Gasteiger partial charge in [-0.15, -0.1) is 4.24 Å². The van der Waals surface area contributed by atoms with E-state index in [1.54, 1.807) is 0 Å². The summed E-state index contributed by atoms with van der Waals surface area (Å²) in [7, 11) is 4.17. The molecule has 1 N–H and O–H groups in total. The standard InChI is InChI=1S/C21H18N5/c1-24(2)21-25-14-8-6-12-18(25)20-19(16-10-5-7-13-22-16)23-15-9-3-4-11-17(15)26(20)21/h3-14H,1-2H3/q+1/p+1. The van der Waals surface area contributed by atoms with Crippen LogP contribution in [-0.2, 0) is 0 Å². The molecule has 1 aromatic carbocycles. The van der Waals surface area contributed by atoms with Gasteiger partial charge in [-0.1, -0.05) is 24.3 Å². The van der Waals surface area contributed by atoms with Gasteiger partial charge in [-0.3, -0.25) is 4.98 Å². The van der Waals surface area contributed by atoms with Crippen LogP contribution in [0.2, 0.25) is 0 Å². The molecule has 2 aromatic heterocycles. The van der Waals surface area contributed by atoms with Crippen molar-refractivity contribution in [2.45, 2.75) is 0 Å². The lowest BCUT2D eigenvalue weighted by atomic mass is 10.1. The first kappa shape index (κ1) is 15.0. The van der Waals surface area contributed by atoms with Crippen molar-refractivity contribution in [1.29, 1.82) is 0 Å². The Morgan fingerprint density at radius 3 is 2.54 bits per heavy atom. The minimum Gasteiger partial charge on any atom is -0.254 e. The molecule has 5 nitrogen and oxygen atoms in total. The fourth-order valence-corrected chi connectivity index (χ4v) is 3.77. The highest BCUT2D eigenvalue weighted by molar-refractivity contribution is 6.25. The number of aromatic nitrogens is 2. The van der Waals surface area contributed by atoms with Crippen molar-refractivity contribution >= 4 is 22.8 Å². The summed E-state index contributed by atoms with van der Waals surface area (Å²) in [6, 6.07) is 20.6. The Bertz CT molecular complexity index is 1160. The van der Waals surface area contributed by atoms with Gasteiger partial charge in [0, 0.05) is 12.3 Å². The number of nitrogens with zero attached hydrogens (tertiary/aromatic N) is 4. The van der Waals surface area contributed by atoms with E-state index >= 15 is 0 Å². The molecule has 0 aliphatic carbocycles. The summed E-state index contributed by atoms with van der Waals surface area (Å²) >= 11 is 0. The first-order valence-electron chi connectivity index (χ1n) is 8.66. The molecule has 5 heteroatoms. The van der Waals surface area contributed by atoms with Crippen LogP contribution in [0.15, 0.2) is 78.0 Å². The topological polar surface area (TPSA) is 38.8 Å². The molecule has 0 amide bonds. The predicted octanol–water partition coefficient (Wildman–Crippen LogP) is 0.699. The number of pyridine rings is 2. The van der Waals surface area contributed by atoms with Gasteiger partial charge in [-0.2, -0.15) is 4.90 Å². The van der Waals surface area contributed by atoms with Crippen molar-refractivity contribution in [2.75, 3.05) is 14.1 Å². The third kappa shape index (κ3) is 2.04. The zero-order valence-electron chi connectivity index (χ0n) is 14.7. The van der Waals surface area contributed by atoms with Crippen LogP contribution in [-0.4, -0.2) is 29.7 Å². The molecule has 126 valence electrons. The van der Waals surface area contributed by atoms with Gasteiger partial charge in [0.1, 0.15) is 11.9 Å². The predicted molar refractivity (Wildman–Crippen MR) is 99.5 cm³/mol. The van der Waals surface area contributed by atoms with Gasteiger partial charge >= 0.3 is 5.96 Å².